The van der Waals surface area contributed by atoms with Crippen LogP contribution in [-0.4, -0.2) is 93.1 Å². The molecule has 2 amide bonds. The average Bonchev–Trinajstić information content (AvgIpc) is 3.28. The fourth-order valence-corrected chi connectivity index (χ4v) is 6.66. The van der Waals surface area contributed by atoms with Gasteiger partial charge < -0.3 is 39.5 Å². The first-order valence-electron chi connectivity index (χ1n) is 20.2. The number of carbonyl (C=O) groups is 4. The van der Waals surface area contributed by atoms with Gasteiger partial charge in [-0.3, -0.25) is 19.2 Å². The zero-order valence-electron chi connectivity index (χ0n) is 36.8. The van der Waals surface area contributed by atoms with E-state index in [4.69, 9.17) is 37.4 Å². The van der Waals surface area contributed by atoms with Crippen molar-refractivity contribution in [1.29, 1.82) is 0 Å². The van der Waals surface area contributed by atoms with Gasteiger partial charge in [0.2, 0.25) is 11.5 Å². The smallest absolute Gasteiger partial charge is 0.312 e. The highest BCUT2D eigenvalue weighted by Gasteiger charge is 2.23. The van der Waals surface area contributed by atoms with Crippen molar-refractivity contribution >= 4 is 75.7 Å². The minimum Gasteiger partial charge on any atom is -0.497 e. The fraction of sp³-hybridized carbons (Fsp3) is 0.234. The molecule has 0 fully saturated rings. The molecule has 0 radical (unpaired) electrons. The first-order chi connectivity index (χ1) is 31.1. The topological polar surface area (TPSA) is 181 Å². The van der Waals surface area contributed by atoms with Crippen molar-refractivity contribution in [2.45, 2.75) is 25.7 Å². The Labute approximate surface area is 386 Å². The van der Waals surface area contributed by atoms with Crippen LogP contribution in [0.5, 0.6) is 17.2 Å². The lowest BCUT2D eigenvalue weighted by molar-refractivity contribution is -0.140. The number of methoxy groups -OCH3 is 1. The van der Waals surface area contributed by atoms with E-state index in [-0.39, 0.29) is 64.5 Å². The van der Waals surface area contributed by atoms with Crippen LogP contribution in [0, 0.1) is 0 Å². The predicted molar refractivity (Wildman–Crippen MR) is 251 cm³/mol. The van der Waals surface area contributed by atoms with Crippen LogP contribution in [0.4, 0.5) is 28.7 Å². The van der Waals surface area contributed by atoms with Gasteiger partial charge >= 0.3 is 11.9 Å². The molecule has 336 valence electrons. The molecule has 0 bridgehead atoms. The van der Waals surface area contributed by atoms with Gasteiger partial charge in [0, 0.05) is 83.3 Å². The number of esters is 2. The number of rotatable bonds is 17. The molecule has 16 nitrogen and oxygen atoms in total. The fourth-order valence-electron chi connectivity index (χ4n) is 6.22. The number of nitrogens with zero attached hydrogens (tertiary/aromatic N) is 7. The Morgan fingerprint density at radius 2 is 0.908 bits per heavy atom. The average molecular weight is 921 g/mol. The Morgan fingerprint density at radius 1 is 0.523 bits per heavy atom. The third-order valence-electron chi connectivity index (χ3n) is 9.66. The number of hydrogen-bond donors (Lipinski definition) is 2. The number of carbonyl (C=O) groups excluding carboxylic acids is 4. The van der Waals surface area contributed by atoms with Crippen molar-refractivity contribution in [2.24, 2.45) is 0 Å². The van der Waals surface area contributed by atoms with E-state index in [1.165, 1.54) is 0 Å². The molecule has 0 spiro atoms. The van der Waals surface area contributed by atoms with Gasteiger partial charge in [-0.15, -0.1) is 0 Å². The van der Waals surface area contributed by atoms with Crippen molar-refractivity contribution in [3.05, 3.63) is 141 Å². The molecule has 2 heterocycles. The normalized spacial score (nSPS) is 10.7. The summed E-state index contributed by atoms with van der Waals surface area (Å²) < 4.78 is 16.3. The van der Waals surface area contributed by atoms with Gasteiger partial charge in [0.25, 0.3) is 11.8 Å². The number of benzene rings is 4. The highest BCUT2D eigenvalue weighted by atomic mass is 35.5. The zero-order chi connectivity index (χ0) is 46.8. The molecule has 6 aromatic rings. The molecule has 0 saturated heterocycles. The molecular weight excluding hydrogens is 873 g/mol. The van der Waals surface area contributed by atoms with Crippen LogP contribution in [-0.2, 0) is 22.4 Å². The minimum absolute atomic E-state index is 0.0645. The van der Waals surface area contributed by atoms with E-state index in [0.717, 1.165) is 16.8 Å². The van der Waals surface area contributed by atoms with Crippen molar-refractivity contribution in [3.63, 3.8) is 0 Å². The number of ether oxygens (including phenoxy) is 3. The van der Waals surface area contributed by atoms with E-state index in [1.807, 2.05) is 55.4 Å². The summed E-state index contributed by atoms with van der Waals surface area (Å²) in [5.41, 5.74) is 4.92. The lowest BCUT2D eigenvalue weighted by atomic mass is 10.1. The summed E-state index contributed by atoms with van der Waals surface area (Å²) in [5, 5.41) is 5.58. The Bertz CT molecular complexity index is 2660. The molecule has 65 heavy (non-hydrogen) atoms. The molecule has 18 heteroatoms. The maximum absolute atomic E-state index is 13.1. The number of halogens is 2. The zero-order valence-corrected chi connectivity index (χ0v) is 38.3. The molecule has 0 saturated carbocycles. The lowest BCUT2D eigenvalue weighted by Gasteiger charge is -2.18. The number of nitrogens with one attached hydrogen (secondary N) is 2. The first kappa shape index (κ1) is 47.2. The number of hydrogen-bond acceptors (Lipinski definition) is 14. The van der Waals surface area contributed by atoms with Crippen LogP contribution in [0.15, 0.2) is 97.1 Å². The van der Waals surface area contributed by atoms with Gasteiger partial charge in [-0.25, -0.2) is 19.9 Å². The quantitative estimate of drug-likeness (QED) is 0.0669. The van der Waals surface area contributed by atoms with Gasteiger partial charge in [0.05, 0.1) is 20.0 Å². The van der Waals surface area contributed by atoms with Gasteiger partial charge in [-0.2, -0.15) is 0 Å². The third-order valence-corrected chi connectivity index (χ3v) is 10.2. The molecular formula is C47H47Cl2N9O7. The highest BCUT2D eigenvalue weighted by molar-refractivity contribution is 6.31. The second-order valence-electron chi connectivity index (χ2n) is 15.2. The van der Waals surface area contributed by atoms with Crippen LogP contribution >= 0.6 is 23.2 Å². The minimum atomic E-state index is -0.773. The van der Waals surface area contributed by atoms with E-state index >= 15 is 0 Å². The van der Waals surface area contributed by atoms with Gasteiger partial charge in [0.1, 0.15) is 17.4 Å². The summed E-state index contributed by atoms with van der Waals surface area (Å²) in [6.07, 6.45) is -0.141. The Balaban J connectivity index is 1.02. The van der Waals surface area contributed by atoms with Gasteiger partial charge in [0.15, 0.2) is 21.9 Å². The molecule has 4 aromatic carbocycles. The van der Waals surface area contributed by atoms with Gasteiger partial charge in [-0.1, -0.05) is 47.5 Å². The lowest BCUT2D eigenvalue weighted by Crippen LogP contribution is -2.20. The van der Waals surface area contributed by atoms with Gasteiger partial charge in [-0.05, 0) is 83.9 Å². The van der Waals surface area contributed by atoms with Crippen LogP contribution in [0.25, 0.3) is 0 Å². The Morgan fingerprint density at radius 3 is 1.26 bits per heavy atom. The van der Waals surface area contributed by atoms with E-state index in [1.54, 1.807) is 106 Å². The highest BCUT2D eigenvalue weighted by Crippen LogP contribution is 2.35. The van der Waals surface area contributed by atoms with E-state index in [0.29, 0.717) is 46.3 Å². The summed E-state index contributed by atoms with van der Waals surface area (Å²) in [6.45, 7) is 0. The Kier molecular flexibility index (Phi) is 15.5. The van der Waals surface area contributed by atoms with Crippen molar-refractivity contribution in [3.8, 4) is 17.2 Å². The van der Waals surface area contributed by atoms with Crippen LogP contribution < -0.4 is 39.5 Å². The standard InChI is InChI=1S/C47H47Cl2N9O7/c1-56(2)34-20-12-30(13-21-34)46(61)50-32-16-8-28(9-17-32)26-36-52-42(48)40(44(54-36)57(3)4)64-38(59)24-25-39(60)65-41-43(49)53-37(55-45(41)58(5)6)27-29-10-18-33(19-11-29)51-47(62)31-14-22-35(63-7)23-15-31/h8-23H,24-27H2,1-7H3,(H,50,61)(H,51,62). The van der Waals surface area contributed by atoms with Crippen LogP contribution in [0.1, 0.15) is 56.3 Å². The van der Waals surface area contributed by atoms with Crippen LogP contribution in [0.2, 0.25) is 10.3 Å². The number of amides is 2. The summed E-state index contributed by atoms with van der Waals surface area (Å²) in [7, 11) is 12.3. The summed E-state index contributed by atoms with van der Waals surface area (Å²) in [5.74, 6) is -0.279. The van der Waals surface area contributed by atoms with Crippen LogP contribution in [0.3, 0.4) is 0 Å². The molecule has 6 rings (SSSR count). The number of aromatic nitrogens is 4. The van der Waals surface area contributed by atoms with E-state index in [9.17, 15) is 19.2 Å². The second-order valence-corrected chi connectivity index (χ2v) is 15.9. The molecule has 0 unspecified atom stereocenters. The van der Waals surface area contributed by atoms with Crippen molar-refractivity contribution < 1.29 is 33.4 Å². The summed E-state index contributed by atoms with van der Waals surface area (Å²) >= 11 is 13.1. The summed E-state index contributed by atoms with van der Waals surface area (Å²) in [4.78, 5) is 74.7. The SMILES string of the molecule is COc1ccc(C(=O)Nc2ccc(Cc3nc(Cl)c(OC(=O)CCC(=O)Oc4c(Cl)nc(Cc5ccc(NC(=O)c6ccc(N(C)C)cc6)cc5)nc4N(C)C)c(N(C)C)n3)cc2)cc1. The van der Waals surface area contributed by atoms with Crippen molar-refractivity contribution in [2.75, 3.05) is 74.7 Å². The summed E-state index contributed by atoms with van der Waals surface area (Å²) in [6, 6.07) is 28.5. The van der Waals surface area contributed by atoms with E-state index in [2.05, 4.69) is 30.6 Å². The Hall–Kier alpha value is -7.30. The number of anilines is 5. The molecule has 0 aliphatic carbocycles. The monoisotopic (exact) mass is 919 g/mol. The third kappa shape index (κ3) is 12.7. The molecule has 2 N–H and O–H groups in total. The van der Waals surface area contributed by atoms with Crippen molar-refractivity contribution in [1.82, 2.24) is 19.9 Å². The molecule has 0 atom stereocenters. The van der Waals surface area contributed by atoms with E-state index < -0.39 is 11.9 Å². The molecule has 0 aliphatic heterocycles. The second kappa shape index (κ2) is 21.4. The largest absolute Gasteiger partial charge is 0.497 e. The maximum Gasteiger partial charge on any atom is 0.312 e. The predicted octanol–water partition coefficient (Wildman–Crippen LogP) is 7.76. The molecule has 2 aromatic heterocycles. The first-order valence-corrected chi connectivity index (χ1v) is 20.9. The maximum atomic E-state index is 13.1. The molecule has 0 aliphatic rings.